The second kappa shape index (κ2) is 10.8. The maximum absolute atomic E-state index is 12.7. The highest BCUT2D eigenvalue weighted by Crippen LogP contribution is 2.34. The van der Waals surface area contributed by atoms with Crippen LogP contribution in [0.5, 0.6) is 0 Å². The van der Waals surface area contributed by atoms with Crippen LogP contribution in [0, 0.1) is 13.8 Å². The first kappa shape index (κ1) is 24.6. The normalized spacial score (nSPS) is 10.5. The Morgan fingerprint density at radius 1 is 1.03 bits per heavy atom. The molecule has 0 fully saturated rings. The molecule has 0 bridgehead atoms. The van der Waals surface area contributed by atoms with Crippen molar-refractivity contribution in [3.63, 3.8) is 0 Å². The highest BCUT2D eigenvalue weighted by molar-refractivity contribution is 7.18. The highest BCUT2D eigenvalue weighted by Gasteiger charge is 2.27. The van der Waals surface area contributed by atoms with Gasteiger partial charge in [0.2, 0.25) is 0 Å². The second-order valence-electron chi connectivity index (χ2n) is 7.01. The lowest BCUT2D eigenvalue weighted by Gasteiger charge is -2.08. The van der Waals surface area contributed by atoms with Crippen LogP contribution in [0.2, 0.25) is 0 Å². The van der Waals surface area contributed by atoms with Crippen LogP contribution in [-0.2, 0) is 14.3 Å². The third-order valence-corrected chi connectivity index (χ3v) is 5.97. The Kier molecular flexibility index (Phi) is 7.79. The molecule has 34 heavy (non-hydrogen) atoms. The van der Waals surface area contributed by atoms with Crippen molar-refractivity contribution in [1.82, 2.24) is 10.5 Å². The van der Waals surface area contributed by atoms with Crippen LogP contribution in [0.25, 0.3) is 11.3 Å². The minimum atomic E-state index is -0.785. The second-order valence-corrected chi connectivity index (χ2v) is 8.03. The minimum absolute atomic E-state index is 0.0753. The number of aryl methyl sites for hydroxylation is 1. The summed E-state index contributed by atoms with van der Waals surface area (Å²) in [7, 11) is 1.46. The number of rotatable bonds is 8. The Bertz CT molecular complexity index is 1230. The Morgan fingerprint density at radius 3 is 2.35 bits per heavy atom. The number of hydrogen-bond donors (Lipinski definition) is 2. The molecule has 2 amide bonds. The summed E-state index contributed by atoms with van der Waals surface area (Å²) in [5.41, 5.74) is 1.52. The zero-order valence-corrected chi connectivity index (χ0v) is 19.8. The molecule has 0 aliphatic carbocycles. The van der Waals surface area contributed by atoms with Gasteiger partial charge in [-0.25, -0.2) is 9.59 Å². The Balaban J connectivity index is 1.76. The van der Waals surface area contributed by atoms with E-state index in [0.717, 1.165) is 11.3 Å². The predicted molar refractivity (Wildman–Crippen MR) is 124 cm³/mol. The Morgan fingerprint density at radius 2 is 1.71 bits per heavy atom. The van der Waals surface area contributed by atoms with Crippen molar-refractivity contribution in [2.75, 3.05) is 25.6 Å². The zero-order chi connectivity index (χ0) is 24.8. The molecule has 11 heteroatoms. The first-order valence-corrected chi connectivity index (χ1v) is 11.1. The van der Waals surface area contributed by atoms with Gasteiger partial charge in [0, 0.05) is 12.6 Å². The molecule has 0 aliphatic heterocycles. The maximum Gasteiger partial charge on any atom is 0.344 e. The van der Waals surface area contributed by atoms with Crippen molar-refractivity contribution in [2.24, 2.45) is 0 Å². The quantitative estimate of drug-likeness (QED) is 0.464. The van der Waals surface area contributed by atoms with Gasteiger partial charge in [-0.3, -0.25) is 9.59 Å². The summed E-state index contributed by atoms with van der Waals surface area (Å²) in [6, 6.07) is 8.94. The van der Waals surface area contributed by atoms with Crippen LogP contribution >= 0.6 is 11.3 Å². The van der Waals surface area contributed by atoms with Crippen molar-refractivity contribution in [3.8, 4) is 11.3 Å². The topological polar surface area (TPSA) is 137 Å². The van der Waals surface area contributed by atoms with Crippen LogP contribution in [0.15, 0.2) is 34.9 Å². The third-order valence-electron chi connectivity index (χ3n) is 4.76. The lowest BCUT2D eigenvalue weighted by molar-refractivity contribution is -0.119. The van der Waals surface area contributed by atoms with E-state index in [1.165, 1.54) is 7.05 Å². The van der Waals surface area contributed by atoms with Crippen LogP contribution in [-0.4, -0.2) is 49.2 Å². The largest absolute Gasteiger partial charge is 0.462 e. The maximum atomic E-state index is 12.7. The predicted octanol–water partition coefficient (Wildman–Crippen LogP) is 3.35. The molecule has 0 radical (unpaired) electrons. The number of carbonyl (C=O) groups is 4. The molecule has 0 unspecified atom stereocenters. The fourth-order valence-corrected chi connectivity index (χ4v) is 4.31. The number of thiophene rings is 1. The smallest absolute Gasteiger partial charge is 0.344 e. The van der Waals surface area contributed by atoms with E-state index in [4.69, 9.17) is 14.0 Å². The van der Waals surface area contributed by atoms with Gasteiger partial charge in [0.1, 0.15) is 22.0 Å². The van der Waals surface area contributed by atoms with E-state index in [0.29, 0.717) is 16.8 Å². The summed E-state index contributed by atoms with van der Waals surface area (Å²) >= 11 is 0.925. The van der Waals surface area contributed by atoms with E-state index in [9.17, 15) is 19.2 Å². The lowest BCUT2D eigenvalue weighted by Crippen LogP contribution is -2.22. The van der Waals surface area contributed by atoms with Gasteiger partial charge in [-0.05, 0) is 26.3 Å². The monoisotopic (exact) mass is 485 g/mol. The number of carbonyl (C=O) groups excluding carboxylic acids is 4. The molecule has 1 aromatic carbocycles. The summed E-state index contributed by atoms with van der Waals surface area (Å²) < 4.78 is 15.4. The number of anilines is 1. The lowest BCUT2D eigenvalue weighted by atomic mass is 10.1. The van der Waals surface area contributed by atoms with Crippen molar-refractivity contribution in [1.29, 1.82) is 0 Å². The molecule has 2 N–H and O–H groups in total. The van der Waals surface area contributed by atoms with Gasteiger partial charge < -0.3 is 24.6 Å². The van der Waals surface area contributed by atoms with Crippen LogP contribution in [0.4, 0.5) is 5.00 Å². The van der Waals surface area contributed by atoms with Gasteiger partial charge in [-0.1, -0.05) is 35.5 Å². The van der Waals surface area contributed by atoms with Gasteiger partial charge in [-0.15, -0.1) is 11.3 Å². The fourth-order valence-electron chi connectivity index (χ4n) is 3.15. The summed E-state index contributed by atoms with van der Waals surface area (Å²) in [5.74, 6) is -2.31. The van der Waals surface area contributed by atoms with Gasteiger partial charge in [-0.2, -0.15) is 0 Å². The summed E-state index contributed by atoms with van der Waals surface area (Å²) in [6.45, 7) is 4.29. The van der Waals surface area contributed by atoms with Gasteiger partial charge in [0.15, 0.2) is 6.61 Å². The van der Waals surface area contributed by atoms with Crippen LogP contribution in [0.3, 0.4) is 0 Å². The average Bonchev–Trinajstić information content (AvgIpc) is 3.37. The first-order valence-electron chi connectivity index (χ1n) is 10.3. The number of benzene rings is 1. The molecule has 0 aliphatic rings. The average molecular weight is 486 g/mol. The number of nitrogens with one attached hydrogen (secondary N) is 2. The molecular weight excluding hydrogens is 462 g/mol. The van der Waals surface area contributed by atoms with Crippen LogP contribution in [0.1, 0.15) is 48.6 Å². The van der Waals surface area contributed by atoms with Crippen molar-refractivity contribution >= 4 is 40.1 Å². The number of hydrogen-bond acceptors (Lipinski definition) is 9. The summed E-state index contributed by atoms with van der Waals surface area (Å²) in [6.07, 6.45) is 0. The molecule has 0 saturated carbocycles. The van der Waals surface area contributed by atoms with Crippen molar-refractivity contribution in [2.45, 2.75) is 20.8 Å². The molecule has 0 spiro atoms. The zero-order valence-electron chi connectivity index (χ0n) is 19.0. The molecule has 3 rings (SSSR count). The molecule has 10 nitrogen and oxygen atoms in total. The van der Waals surface area contributed by atoms with E-state index >= 15 is 0 Å². The van der Waals surface area contributed by atoms with E-state index in [-0.39, 0.29) is 33.4 Å². The standard InChI is InChI=1S/C23H23N3O7S/c1-5-31-22(29)16-12(2)19(20(28)24-4)34-21(16)25-15(27)11-32-23(30)17-13(3)33-26-18(17)14-9-7-6-8-10-14/h6-10H,5,11H2,1-4H3,(H,24,28)(H,25,27). The summed E-state index contributed by atoms with van der Waals surface area (Å²) in [4.78, 5) is 50.1. The van der Waals surface area contributed by atoms with Crippen LogP contribution < -0.4 is 10.6 Å². The van der Waals surface area contributed by atoms with Gasteiger partial charge in [0.25, 0.3) is 11.8 Å². The van der Waals surface area contributed by atoms with Gasteiger partial charge >= 0.3 is 11.9 Å². The van der Waals surface area contributed by atoms with Crippen molar-refractivity contribution in [3.05, 3.63) is 57.7 Å². The molecule has 2 heterocycles. The SMILES string of the molecule is CCOC(=O)c1c(NC(=O)COC(=O)c2c(-c3ccccc3)noc2C)sc(C(=O)NC)c1C. The van der Waals surface area contributed by atoms with Gasteiger partial charge in [0.05, 0.1) is 17.0 Å². The number of amides is 2. The molecule has 2 aromatic heterocycles. The van der Waals surface area contributed by atoms with E-state index in [1.807, 2.05) is 6.07 Å². The summed E-state index contributed by atoms with van der Waals surface area (Å²) in [5, 5.41) is 9.07. The minimum Gasteiger partial charge on any atom is -0.462 e. The van der Waals surface area contributed by atoms with E-state index < -0.39 is 30.4 Å². The van der Waals surface area contributed by atoms with E-state index in [2.05, 4.69) is 15.8 Å². The molecule has 0 atom stereocenters. The Hall–Kier alpha value is -3.99. The fraction of sp³-hybridized carbons (Fsp3) is 0.261. The molecule has 178 valence electrons. The number of esters is 2. The Labute approximate surface area is 199 Å². The highest BCUT2D eigenvalue weighted by atomic mass is 32.1. The van der Waals surface area contributed by atoms with Crippen molar-refractivity contribution < 1.29 is 33.2 Å². The number of nitrogens with zero attached hydrogens (tertiary/aromatic N) is 1. The third kappa shape index (κ3) is 5.15. The number of ether oxygens (including phenoxy) is 2. The first-order chi connectivity index (χ1) is 16.3. The van der Waals surface area contributed by atoms with E-state index in [1.54, 1.807) is 45.0 Å². The molecule has 0 saturated heterocycles. The molecular formula is C23H23N3O7S. The number of aromatic nitrogens is 1. The molecule has 3 aromatic rings.